The molecule has 0 saturated heterocycles. The molecule has 9 heteroatoms. The van der Waals surface area contributed by atoms with Gasteiger partial charge in [0.25, 0.3) is 10.0 Å². The molecule has 3 aromatic rings. The fraction of sp³-hybridized carbons (Fsp3) is 0.125. The molecule has 0 aliphatic rings. The van der Waals surface area contributed by atoms with Crippen molar-refractivity contribution in [3.05, 3.63) is 58.1 Å². The van der Waals surface area contributed by atoms with Crippen LogP contribution in [0, 0.1) is 6.92 Å². The topological polar surface area (TPSA) is 118 Å². The van der Waals surface area contributed by atoms with Crippen molar-refractivity contribution in [3.8, 4) is 0 Å². The van der Waals surface area contributed by atoms with Gasteiger partial charge in [-0.1, -0.05) is 6.07 Å². The highest BCUT2D eigenvalue weighted by Gasteiger charge is 2.18. The van der Waals surface area contributed by atoms with Crippen molar-refractivity contribution in [1.29, 1.82) is 0 Å². The average molecular weight is 362 g/mol. The quantitative estimate of drug-likeness (QED) is 0.686. The van der Waals surface area contributed by atoms with E-state index >= 15 is 0 Å². The second kappa shape index (κ2) is 6.10. The fourth-order valence-electron chi connectivity index (χ4n) is 2.27. The van der Waals surface area contributed by atoms with Gasteiger partial charge in [-0.2, -0.15) is 0 Å². The number of carbonyl (C=O) groups excluding carboxylic acids is 1. The third kappa shape index (κ3) is 3.26. The van der Waals surface area contributed by atoms with Gasteiger partial charge in [0.05, 0.1) is 28.8 Å². The van der Waals surface area contributed by atoms with Crippen LogP contribution in [0.3, 0.4) is 0 Å². The number of benzene rings is 2. The number of methoxy groups -OCH3 is 1. The van der Waals surface area contributed by atoms with E-state index in [0.717, 1.165) is 0 Å². The van der Waals surface area contributed by atoms with E-state index in [2.05, 4.69) is 14.4 Å². The molecular weight excluding hydrogens is 348 g/mol. The summed E-state index contributed by atoms with van der Waals surface area (Å²) < 4.78 is 37.1. The van der Waals surface area contributed by atoms with Crippen LogP contribution >= 0.6 is 0 Å². The first-order chi connectivity index (χ1) is 11.8. The Labute approximate surface area is 142 Å². The minimum Gasteiger partial charge on any atom is -0.465 e. The van der Waals surface area contributed by atoms with Crippen molar-refractivity contribution in [2.45, 2.75) is 11.8 Å². The monoisotopic (exact) mass is 362 g/mol. The molecule has 2 N–H and O–H groups in total. The van der Waals surface area contributed by atoms with E-state index in [9.17, 15) is 18.0 Å². The summed E-state index contributed by atoms with van der Waals surface area (Å²) in [6.45, 7) is 1.70. The number of hydrogen-bond donors (Lipinski definition) is 2. The number of carbonyl (C=O) groups is 1. The second-order valence-corrected chi connectivity index (χ2v) is 6.98. The zero-order chi connectivity index (χ0) is 18.2. The van der Waals surface area contributed by atoms with E-state index in [0.29, 0.717) is 11.1 Å². The van der Waals surface area contributed by atoms with Crippen LogP contribution in [0.25, 0.3) is 11.1 Å². The molecule has 0 saturated carbocycles. The molecular formula is C16H14N2O6S. The lowest BCUT2D eigenvalue weighted by atomic mass is 10.1. The van der Waals surface area contributed by atoms with Crippen molar-refractivity contribution >= 4 is 32.8 Å². The highest BCUT2D eigenvalue weighted by atomic mass is 32.2. The molecule has 1 heterocycles. The molecule has 0 radical (unpaired) electrons. The summed E-state index contributed by atoms with van der Waals surface area (Å²) in [4.78, 5) is 25.2. The number of oxazole rings is 1. The van der Waals surface area contributed by atoms with E-state index in [1.807, 2.05) is 0 Å². The van der Waals surface area contributed by atoms with Gasteiger partial charge in [0, 0.05) is 6.07 Å². The maximum Gasteiger partial charge on any atom is 0.417 e. The molecule has 0 unspecified atom stereocenters. The molecule has 2 aromatic carbocycles. The van der Waals surface area contributed by atoms with Crippen molar-refractivity contribution in [2.75, 3.05) is 11.8 Å². The number of H-pyrrole nitrogens is 1. The van der Waals surface area contributed by atoms with Crippen molar-refractivity contribution in [1.82, 2.24) is 4.98 Å². The first-order valence-corrected chi connectivity index (χ1v) is 8.63. The number of aromatic amines is 1. The highest BCUT2D eigenvalue weighted by molar-refractivity contribution is 7.92. The smallest absolute Gasteiger partial charge is 0.417 e. The molecule has 25 heavy (non-hydrogen) atoms. The van der Waals surface area contributed by atoms with Gasteiger partial charge in [-0.15, -0.1) is 0 Å². The lowest BCUT2D eigenvalue weighted by molar-refractivity contribution is 0.0601. The van der Waals surface area contributed by atoms with Crippen molar-refractivity contribution in [3.63, 3.8) is 0 Å². The SMILES string of the molecule is COC(=O)c1ccc(C)c(NS(=O)(=O)c2ccc3[nH]c(=O)oc3c2)c1. The molecule has 8 nitrogen and oxygen atoms in total. The second-order valence-electron chi connectivity index (χ2n) is 5.30. The van der Waals surface area contributed by atoms with E-state index in [-0.39, 0.29) is 21.7 Å². The van der Waals surface area contributed by atoms with E-state index in [1.165, 1.54) is 31.4 Å². The molecule has 3 rings (SSSR count). The standard InChI is InChI=1S/C16H14N2O6S/c1-9-3-4-10(15(19)23-2)7-13(9)18-25(21,22)11-5-6-12-14(8-11)24-16(20)17-12/h3-8,18H,1-2H3,(H,17,20). The molecule has 0 bridgehead atoms. The van der Waals surface area contributed by atoms with E-state index < -0.39 is 21.7 Å². The Morgan fingerprint density at radius 2 is 1.96 bits per heavy atom. The molecule has 0 amide bonds. The number of fused-ring (bicyclic) bond motifs is 1. The lowest BCUT2D eigenvalue weighted by Crippen LogP contribution is -2.14. The number of hydrogen-bond acceptors (Lipinski definition) is 6. The van der Waals surface area contributed by atoms with E-state index in [4.69, 9.17) is 4.42 Å². The van der Waals surface area contributed by atoms with Crippen molar-refractivity contribution < 1.29 is 22.4 Å². The number of aromatic nitrogens is 1. The average Bonchev–Trinajstić information content (AvgIpc) is 2.95. The third-order valence-corrected chi connectivity index (χ3v) is 4.97. The third-order valence-electron chi connectivity index (χ3n) is 3.61. The van der Waals surface area contributed by atoms with Gasteiger partial charge in [0.2, 0.25) is 0 Å². The zero-order valence-corrected chi connectivity index (χ0v) is 14.1. The van der Waals surface area contributed by atoms with Crippen LogP contribution in [0.2, 0.25) is 0 Å². The van der Waals surface area contributed by atoms with Crippen molar-refractivity contribution in [2.24, 2.45) is 0 Å². The minimum absolute atomic E-state index is 0.0781. The summed E-state index contributed by atoms with van der Waals surface area (Å²) in [7, 11) is -2.70. The van der Waals surface area contributed by atoms with Gasteiger partial charge in [0.1, 0.15) is 0 Å². The summed E-state index contributed by atoms with van der Waals surface area (Å²) in [6, 6.07) is 8.57. The number of esters is 1. The normalized spacial score (nSPS) is 11.4. The van der Waals surface area contributed by atoms with Crippen LogP contribution in [0.15, 0.2) is 50.5 Å². The van der Waals surface area contributed by atoms with Gasteiger partial charge >= 0.3 is 11.7 Å². The Morgan fingerprint density at radius 3 is 2.68 bits per heavy atom. The molecule has 0 aliphatic heterocycles. The number of rotatable bonds is 4. The van der Waals surface area contributed by atoms with Crippen LogP contribution in [0.4, 0.5) is 5.69 Å². The van der Waals surface area contributed by atoms with E-state index in [1.54, 1.807) is 19.1 Å². The van der Waals surface area contributed by atoms with Crippen LogP contribution < -0.4 is 10.5 Å². The Kier molecular flexibility index (Phi) is 4.09. The number of sulfonamides is 1. The Bertz CT molecular complexity index is 1130. The van der Waals surface area contributed by atoms with Crippen LogP contribution in [-0.4, -0.2) is 26.5 Å². The first kappa shape index (κ1) is 16.8. The molecule has 1 aromatic heterocycles. The highest BCUT2D eigenvalue weighted by Crippen LogP contribution is 2.23. The Hall–Kier alpha value is -3.07. The predicted octanol–water partition coefficient (Wildman–Crippen LogP) is 2.02. The molecule has 0 atom stereocenters. The lowest BCUT2D eigenvalue weighted by Gasteiger charge is -2.11. The van der Waals surface area contributed by atoms with Gasteiger partial charge in [-0.05, 0) is 36.8 Å². The number of aryl methyl sites for hydroxylation is 1. The molecule has 0 spiro atoms. The number of nitrogens with one attached hydrogen (secondary N) is 2. The maximum atomic E-state index is 12.6. The van der Waals surface area contributed by atoms with Gasteiger partial charge in [0.15, 0.2) is 5.58 Å². The van der Waals surface area contributed by atoms with Gasteiger partial charge < -0.3 is 9.15 Å². The van der Waals surface area contributed by atoms with Gasteiger partial charge in [-0.3, -0.25) is 9.71 Å². The molecule has 0 aliphatic carbocycles. The first-order valence-electron chi connectivity index (χ1n) is 7.15. The fourth-order valence-corrected chi connectivity index (χ4v) is 3.41. The van der Waals surface area contributed by atoms with Crippen LogP contribution in [0.1, 0.15) is 15.9 Å². The minimum atomic E-state index is -3.95. The number of ether oxygens (including phenoxy) is 1. The summed E-state index contributed by atoms with van der Waals surface area (Å²) in [5, 5.41) is 0. The summed E-state index contributed by atoms with van der Waals surface area (Å²) >= 11 is 0. The molecule has 130 valence electrons. The predicted molar refractivity (Wildman–Crippen MR) is 90.2 cm³/mol. The number of anilines is 1. The summed E-state index contributed by atoms with van der Waals surface area (Å²) in [6.07, 6.45) is 0. The maximum absolute atomic E-state index is 12.6. The zero-order valence-electron chi connectivity index (χ0n) is 13.3. The van der Waals surface area contributed by atoms with Gasteiger partial charge in [-0.25, -0.2) is 18.0 Å². The Morgan fingerprint density at radius 1 is 1.20 bits per heavy atom. The Balaban J connectivity index is 2.00. The summed E-state index contributed by atoms with van der Waals surface area (Å²) in [5.41, 5.74) is 1.63. The van der Waals surface area contributed by atoms with Crippen LogP contribution in [-0.2, 0) is 14.8 Å². The largest absolute Gasteiger partial charge is 0.465 e. The van der Waals surface area contributed by atoms with Crippen LogP contribution in [0.5, 0.6) is 0 Å². The summed E-state index contributed by atoms with van der Waals surface area (Å²) in [5.74, 6) is -1.24. The molecule has 0 fully saturated rings.